The second-order valence-corrected chi connectivity index (χ2v) is 7.64. The summed E-state index contributed by atoms with van der Waals surface area (Å²) in [5.74, 6) is -14.8. The number of carbonyl (C=O) groups is 1. The summed E-state index contributed by atoms with van der Waals surface area (Å²) in [5.41, 5.74) is -3.52. The van der Waals surface area contributed by atoms with Crippen LogP contribution in [0.3, 0.4) is 0 Å². The van der Waals surface area contributed by atoms with Crippen molar-refractivity contribution in [3.8, 4) is 0 Å². The van der Waals surface area contributed by atoms with Gasteiger partial charge in [-0.1, -0.05) is 12.1 Å². The number of rotatable bonds is 10. The molecular formula is C20H11F13N2O5. The van der Waals surface area contributed by atoms with Crippen LogP contribution in [0.2, 0.25) is 0 Å². The second-order valence-electron chi connectivity index (χ2n) is 7.64. The highest BCUT2D eigenvalue weighted by Crippen LogP contribution is 2.54. The molecular weight excluding hydrogens is 595 g/mol. The van der Waals surface area contributed by atoms with E-state index in [1.165, 1.54) is 11.7 Å². The summed E-state index contributed by atoms with van der Waals surface area (Å²) in [6, 6.07) is 4.19. The normalized spacial score (nSPS) is 13.8. The van der Waals surface area contributed by atoms with Crippen LogP contribution in [0.25, 0.3) is 0 Å². The molecule has 2 rings (SSSR count). The van der Waals surface area contributed by atoms with E-state index in [9.17, 15) is 72.0 Å². The van der Waals surface area contributed by atoms with Crippen LogP contribution in [0, 0.1) is 17.0 Å². The molecule has 0 saturated carbocycles. The topological polar surface area (TPSA) is 90.7 Å². The van der Waals surface area contributed by atoms with E-state index in [0.29, 0.717) is 6.07 Å². The van der Waals surface area contributed by atoms with Crippen molar-refractivity contribution in [3.05, 3.63) is 69.3 Å². The Morgan fingerprint density at radius 2 is 1.35 bits per heavy atom. The van der Waals surface area contributed by atoms with Crippen LogP contribution in [0.1, 0.15) is 21.5 Å². The Kier molecular flexibility index (Phi) is 8.44. The van der Waals surface area contributed by atoms with Crippen molar-refractivity contribution in [1.82, 2.24) is 0 Å². The van der Waals surface area contributed by atoms with Crippen LogP contribution in [0.15, 0.2) is 42.5 Å². The Balaban J connectivity index is 2.34. The van der Waals surface area contributed by atoms with E-state index in [4.69, 9.17) is 0 Å². The molecule has 2 aromatic rings. The summed E-state index contributed by atoms with van der Waals surface area (Å²) in [7, 11) is 0. The van der Waals surface area contributed by atoms with Crippen LogP contribution >= 0.6 is 0 Å². The van der Waals surface area contributed by atoms with Crippen LogP contribution < -0.4 is 5.32 Å². The average Bonchev–Trinajstić information content (AvgIpc) is 2.76. The lowest BCUT2D eigenvalue weighted by molar-refractivity contribution is -0.535. The van der Waals surface area contributed by atoms with Gasteiger partial charge in [0.25, 0.3) is 11.6 Å². The number of halogens is 13. The second kappa shape index (κ2) is 10.4. The van der Waals surface area contributed by atoms with Gasteiger partial charge >= 0.3 is 36.5 Å². The smallest absolute Gasteiger partial charge is 0.322 e. The molecule has 222 valence electrons. The fraction of sp³-hybridized carbons (Fsp3) is 0.350. The van der Waals surface area contributed by atoms with Crippen molar-refractivity contribution in [2.45, 2.75) is 43.5 Å². The number of nitro groups is 1. The lowest BCUT2D eigenvalue weighted by atomic mass is 10.1. The van der Waals surface area contributed by atoms with Crippen molar-refractivity contribution in [1.29, 1.82) is 0 Å². The number of aryl methyl sites for hydroxylation is 1. The summed E-state index contributed by atoms with van der Waals surface area (Å²) < 4.78 is 176. The Labute approximate surface area is 212 Å². The number of benzene rings is 2. The van der Waals surface area contributed by atoms with E-state index in [0.717, 1.165) is 24.3 Å². The van der Waals surface area contributed by atoms with Crippen molar-refractivity contribution < 1.29 is 76.3 Å². The summed E-state index contributed by atoms with van der Waals surface area (Å²) in [6.07, 6.45) is -28.1. The predicted molar refractivity (Wildman–Crippen MR) is 104 cm³/mol. The van der Waals surface area contributed by atoms with Gasteiger partial charge < -0.3 is 5.32 Å². The van der Waals surface area contributed by atoms with Gasteiger partial charge in [-0.2, -0.15) is 43.9 Å². The first-order valence-electron chi connectivity index (χ1n) is 9.88. The molecule has 0 fully saturated rings. The summed E-state index contributed by atoms with van der Waals surface area (Å²) in [4.78, 5) is 22.4. The monoisotopic (exact) mass is 606 g/mol. The van der Waals surface area contributed by atoms with Gasteiger partial charge in [0.1, 0.15) is 0 Å². The minimum Gasteiger partial charge on any atom is -0.322 e. The van der Waals surface area contributed by atoms with Crippen molar-refractivity contribution in [2.24, 2.45) is 0 Å². The molecule has 2 aromatic carbocycles. The first-order valence-corrected chi connectivity index (χ1v) is 9.88. The zero-order valence-electron chi connectivity index (χ0n) is 18.9. The SMILES string of the molecule is Cc1cc(C(=O)Nc2cccc(C(F)(F)C(F)(F)OC(F)(F)C(F)(F)C(F)(F)OC(F)(F)F)c2)ccc1[N+](=O)[O-]. The minimum atomic E-state index is -7.56. The molecule has 0 spiro atoms. The van der Waals surface area contributed by atoms with Gasteiger partial charge in [-0.15, -0.1) is 13.2 Å². The molecule has 0 aliphatic rings. The third-order valence-electron chi connectivity index (χ3n) is 4.74. The first-order chi connectivity index (χ1) is 17.8. The highest BCUT2D eigenvalue weighted by atomic mass is 19.4. The van der Waals surface area contributed by atoms with Gasteiger partial charge in [-0.25, -0.2) is 9.47 Å². The average molecular weight is 606 g/mol. The van der Waals surface area contributed by atoms with Gasteiger partial charge in [0.05, 0.1) is 4.92 Å². The van der Waals surface area contributed by atoms with E-state index in [1.807, 2.05) is 10.1 Å². The van der Waals surface area contributed by atoms with E-state index in [2.05, 4.69) is 0 Å². The molecule has 1 N–H and O–H groups in total. The Hall–Kier alpha value is -3.68. The number of amides is 1. The minimum absolute atomic E-state index is 0.00503. The molecule has 0 bridgehead atoms. The van der Waals surface area contributed by atoms with Gasteiger partial charge in [0.2, 0.25) is 0 Å². The lowest BCUT2D eigenvalue weighted by Crippen LogP contribution is -2.61. The van der Waals surface area contributed by atoms with Gasteiger partial charge in [-0.05, 0) is 31.2 Å². The van der Waals surface area contributed by atoms with E-state index in [-0.39, 0.29) is 23.3 Å². The fourth-order valence-corrected chi connectivity index (χ4v) is 2.83. The molecule has 0 heterocycles. The first kappa shape index (κ1) is 32.5. The highest BCUT2D eigenvalue weighted by Gasteiger charge is 2.80. The molecule has 40 heavy (non-hydrogen) atoms. The molecule has 1 amide bonds. The maximum absolute atomic E-state index is 14.4. The number of hydrogen-bond donors (Lipinski definition) is 1. The molecule has 20 heteroatoms. The molecule has 0 saturated heterocycles. The molecule has 0 atom stereocenters. The van der Waals surface area contributed by atoms with Crippen LogP contribution in [-0.4, -0.2) is 41.4 Å². The standard InChI is InChI=1S/C20H11F13N2O5/c1-9-7-10(5-6-13(9)35(37)38)14(36)34-12-4-2-3-11(8-12)15(21,22)17(25,26)39-18(27,28)16(23,24)19(29,30)40-20(31,32)33/h2-8H,1H3,(H,34,36). The Bertz CT molecular complexity index is 1280. The zero-order chi connectivity index (χ0) is 31.1. The quantitative estimate of drug-likeness (QED) is 0.175. The number of nitrogens with zero attached hydrogens (tertiary/aromatic N) is 1. The number of nitrogens with one attached hydrogen (secondary N) is 1. The number of alkyl halides is 13. The maximum Gasteiger partial charge on any atom is 0.527 e. The highest BCUT2D eigenvalue weighted by molar-refractivity contribution is 6.04. The van der Waals surface area contributed by atoms with Gasteiger partial charge in [-0.3, -0.25) is 14.9 Å². The molecule has 7 nitrogen and oxygen atoms in total. The zero-order valence-corrected chi connectivity index (χ0v) is 18.9. The maximum atomic E-state index is 14.4. The van der Waals surface area contributed by atoms with Crippen LogP contribution in [-0.2, 0) is 15.4 Å². The van der Waals surface area contributed by atoms with Crippen LogP contribution in [0.5, 0.6) is 0 Å². The summed E-state index contributed by atoms with van der Waals surface area (Å²) >= 11 is 0. The number of carbonyl (C=O) groups excluding carboxylic acids is 1. The van der Waals surface area contributed by atoms with E-state index in [1.54, 1.807) is 0 Å². The van der Waals surface area contributed by atoms with Gasteiger partial charge in [0, 0.05) is 28.4 Å². The number of hydrogen-bond acceptors (Lipinski definition) is 5. The van der Waals surface area contributed by atoms with Gasteiger partial charge in [0.15, 0.2) is 0 Å². The van der Waals surface area contributed by atoms with E-state index < -0.39 is 64.3 Å². The molecule has 0 aliphatic heterocycles. The third-order valence-corrected chi connectivity index (χ3v) is 4.74. The largest absolute Gasteiger partial charge is 0.527 e. The Morgan fingerprint density at radius 1 is 0.800 bits per heavy atom. The summed E-state index contributed by atoms with van der Waals surface area (Å²) in [6.45, 7) is 1.22. The van der Waals surface area contributed by atoms with Crippen molar-refractivity contribution in [2.75, 3.05) is 5.32 Å². The summed E-state index contributed by atoms with van der Waals surface area (Å²) in [5, 5.41) is 12.7. The number of anilines is 1. The lowest BCUT2D eigenvalue weighted by Gasteiger charge is -2.35. The molecule has 0 radical (unpaired) electrons. The molecule has 0 aliphatic carbocycles. The number of nitro benzene ring substituents is 1. The van der Waals surface area contributed by atoms with Crippen molar-refractivity contribution >= 4 is 17.3 Å². The third kappa shape index (κ3) is 6.54. The molecule has 0 unspecified atom stereocenters. The molecule has 0 aromatic heterocycles. The van der Waals surface area contributed by atoms with Crippen LogP contribution in [0.4, 0.5) is 68.5 Å². The van der Waals surface area contributed by atoms with E-state index >= 15 is 0 Å². The Morgan fingerprint density at radius 3 is 1.85 bits per heavy atom. The fourth-order valence-electron chi connectivity index (χ4n) is 2.83. The van der Waals surface area contributed by atoms with Crippen molar-refractivity contribution in [3.63, 3.8) is 0 Å². The predicted octanol–water partition coefficient (Wildman–Crippen LogP) is 7.21. The number of ether oxygens (including phenoxy) is 2.